The Kier molecular flexibility index (Phi) is 3.21. The van der Waals surface area contributed by atoms with Crippen LogP contribution in [-0.4, -0.2) is 11.0 Å². The highest BCUT2D eigenvalue weighted by molar-refractivity contribution is 9.10. The van der Waals surface area contributed by atoms with Crippen LogP contribution in [-0.2, 0) is 0 Å². The van der Waals surface area contributed by atoms with Crippen molar-refractivity contribution in [1.82, 2.24) is 0 Å². The lowest BCUT2D eigenvalue weighted by molar-refractivity contribution is -0.385. The van der Waals surface area contributed by atoms with Gasteiger partial charge < -0.3 is 5.32 Å². The maximum absolute atomic E-state index is 11.1. The minimum atomic E-state index is -0.327. The van der Waals surface area contributed by atoms with Crippen LogP contribution >= 0.6 is 15.9 Å². The fraction of sp³-hybridized carbons (Fsp3) is 0.625. The van der Waals surface area contributed by atoms with Gasteiger partial charge in [-0.15, -0.1) is 0 Å². The highest BCUT2D eigenvalue weighted by atomic mass is 79.9. The van der Waals surface area contributed by atoms with E-state index in [1.165, 1.54) is 32.1 Å². The summed E-state index contributed by atoms with van der Waals surface area (Å²) in [5.41, 5.74) is 1.03. The molecule has 4 aliphatic rings. The quantitative estimate of drug-likeness (QED) is 0.640. The van der Waals surface area contributed by atoms with Crippen LogP contribution in [0.3, 0.4) is 0 Å². The minimum absolute atomic E-state index is 0.142. The topological polar surface area (TPSA) is 55.2 Å². The molecule has 0 unspecified atom stereocenters. The number of anilines is 1. The van der Waals surface area contributed by atoms with Gasteiger partial charge in [-0.3, -0.25) is 10.1 Å². The van der Waals surface area contributed by atoms with Crippen molar-refractivity contribution < 1.29 is 4.92 Å². The molecule has 1 aromatic rings. The average Bonchev–Trinajstić information content (AvgIpc) is 2.43. The first-order valence-corrected chi connectivity index (χ1v) is 8.60. The molecule has 4 saturated carbocycles. The molecule has 21 heavy (non-hydrogen) atoms. The molecule has 1 N–H and O–H groups in total. The zero-order valence-corrected chi connectivity index (χ0v) is 13.4. The lowest BCUT2D eigenvalue weighted by Gasteiger charge is -2.54. The minimum Gasteiger partial charge on any atom is -0.382 e. The molecule has 4 aliphatic carbocycles. The Morgan fingerprint density at radius 2 is 1.71 bits per heavy atom. The summed E-state index contributed by atoms with van der Waals surface area (Å²) in [6, 6.07) is 5.90. The Morgan fingerprint density at radius 3 is 2.29 bits per heavy atom. The molecule has 0 spiro atoms. The van der Waals surface area contributed by atoms with Crippen LogP contribution in [0.25, 0.3) is 0 Å². The fourth-order valence-electron chi connectivity index (χ4n) is 5.10. The van der Waals surface area contributed by atoms with E-state index in [9.17, 15) is 10.1 Å². The van der Waals surface area contributed by atoms with Crippen LogP contribution in [0.2, 0.25) is 0 Å². The van der Waals surface area contributed by atoms with Crippen molar-refractivity contribution in [3.63, 3.8) is 0 Å². The zero-order chi connectivity index (χ0) is 14.6. The average molecular weight is 351 g/mol. The summed E-state index contributed by atoms with van der Waals surface area (Å²) < 4.78 is 0.545. The molecule has 0 saturated heterocycles. The first-order valence-electron chi connectivity index (χ1n) is 7.80. The van der Waals surface area contributed by atoms with Gasteiger partial charge in [-0.05, 0) is 83.8 Å². The number of nitrogens with one attached hydrogen (secondary N) is 1. The van der Waals surface area contributed by atoms with Gasteiger partial charge >= 0.3 is 0 Å². The van der Waals surface area contributed by atoms with Crippen molar-refractivity contribution in [1.29, 1.82) is 0 Å². The molecule has 5 heteroatoms. The molecular formula is C16H19BrN2O2. The molecule has 112 valence electrons. The number of rotatable bonds is 3. The lowest BCUT2D eigenvalue weighted by Crippen LogP contribution is -2.51. The summed E-state index contributed by atoms with van der Waals surface area (Å²) in [5.74, 6) is 3.43. The Labute approximate surface area is 132 Å². The van der Waals surface area contributed by atoms with Gasteiger partial charge in [0.15, 0.2) is 0 Å². The van der Waals surface area contributed by atoms with Crippen LogP contribution < -0.4 is 5.32 Å². The predicted octanol–water partition coefficient (Wildman–Crippen LogP) is 4.59. The van der Waals surface area contributed by atoms with E-state index in [-0.39, 0.29) is 10.6 Å². The third-order valence-corrected chi connectivity index (χ3v) is 6.37. The van der Waals surface area contributed by atoms with E-state index in [2.05, 4.69) is 21.2 Å². The maximum atomic E-state index is 11.1. The highest BCUT2D eigenvalue weighted by Crippen LogP contribution is 2.54. The number of nitrogens with zero attached hydrogens (tertiary/aromatic N) is 1. The second-order valence-corrected chi connectivity index (χ2v) is 7.88. The number of benzene rings is 1. The first kappa shape index (κ1) is 13.6. The molecule has 0 amide bonds. The van der Waals surface area contributed by atoms with Gasteiger partial charge in [-0.2, -0.15) is 0 Å². The lowest BCUT2D eigenvalue weighted by atomic mass is 9.54. The fourth-order valence-corrected chi connectivity index (χ4v) is 5.49. The van der Waals surface area contributed by atoms with Crippen molar-refractivity contribution >= 4 is 27.3 Å². The van der Waals surface area contributed by atoms with Crippen molar-refractivity contribution in [3.8, 4) is 0 Å². The summed E-state index contributed by atoms with van der Waals surface area (Å²) in [7, 11) is 0. The van der Waals surface area contributed by atoms with Gasteiger partial charge in [0.2, 0.25) is 0 Å². The van der Waals surface area contributed by atoms with Gasteiger partial charge in [-0.1, -0.05) is 0 Å². The Morgan fingerprint density at radius 1 is 1.10 bits per heavy atom. The summed E-state index contributed by atoms with van der Waals surface area (Å²) in [6.07, 6.45) is 6.85. The normalized spacial score (nSPS) is 36.7. The standard InChI is InChI=1S/C16H19BrN2O2/c17-14-2-1-13(8-15(14)19(20)21)18-16-11-4-9-3-10(6-11)7-12(16)5-9/h1-2,8-12,16,18H,3-7H2. The third kappa shape index (κ3) is 2.35. The molecule has 4 bridgehead atoms. The molecule has 0 atom stereocenters. The van der Waals surface area contributed by atoms with Crippen LogP contribution in [0.4, 0.5) is 11.4 Å². The van der Waals surface area contributed by atoms with Crippen LogP contribution in [0.1, 0.15) is 32.1 Å². The maximum Gasteiger partial charge on any atom is 0.285 e. The van der Waals surface area contributed by atoms with E-state index >= 15 is 0 Å². The molecule has 0 aliphatic heterocycles. The Bertz CT molecular complexity index is 562. The molecule has 0 aromatic heterocycles. The van der Waals surface area contributed by atoms with Gasteiger partial charge in [-0.25, -0.2) is 0 Å². The van der Waals surface area contributed by atoms with Crippen molar-refractivity contribution in [2.45, 2.75) is 38.1 Å². The molecule has 0 heterocycles. The number of nitro groups is 1. The van der Waals surface area contributed by atoms with Crippen LogP contribution in [0.15, 0.2) is 22.7 Å². The van der Waals surface area contributed by atoms with Crippen molar-refractivity contribution in [2.75, 3.05) is 5.32 Å². The summed E-state index contributed by atoms with van der Waals surface area (Å²) >= 11 is 3.25. The molecule has 5 rings (SSSR count). The molecule has 1 aromatic carbocycles. The van der Waals surface area contributed by atoms with Gasteiger partial charge in [0, 0.05) is 17.8 Å². The van der Waals surface area contributed by atoms with E-state index in [1.54, 1.807) is 12.1 Å². The second kappa shape index (κ2) is 4.97. The van der Waals surface area contributed by atoms with Gasteiger partial charge in [0.1, 0.15) is 0 Å². The van der Waals surface area contributed by atoms with E-state index in [0.29, 0.717) is 10.5 Å². The monoisotopic (exact) mass is 350 g/mol. The smallest absolute Gasteiger partial charge is 0.285 e. The Hall–Kier alpha value is -1.10. The SMILES string of the molecule is O=[N+]([O-])c1cc(NC2C3CC4CC(C3)CC2C4)ccc1Br. The van der Waals surface area contributed by atoms with Crippen LogP contribution in [0, 0.1) is 33.8 Å². The zero-order valence-electron chi connectivity index (χ0n) is 11.8. The molecule has 4 fully saturated rings. The molecule has 0 radical (unpaired) electrons. The second-order valence-electron chi connectivity index (χ2n) is 7.02. The number of hydrogen-bond donors (Lipinski definition) is 1. The predicted molar refractivity (Wildman–Crippen MR) is 85.3 cm³/mol. The van der Waals surface area contributed by atoms with Gasteiger partial charge in [0.25, 0.3) is 5.69 Å². The van der Waals surface area contributed by atoms with E-state index in [4.69, 9.17) is 0 Å². The molecular weight excluding hydrogens is 332 g/mol. The summed E-state index contributed by atoms with van der Waals surface area (Å²) in [4.78, 5) is 10.7. The third-order valence-electron chi connectivity index (χ3n) is 5.70. The van der Waals surface area contributed by atoms with E-state index in [0.717, 1.165) is 29.4 Å². The Balaban J connectivity index is 1.56. The van der Waals surface area contributed by atoms with Crippen molar-refractivity contribution in [2.24, 2.45) is 23.7 Å². The number of nitro benzene ring substituents is 1. The van der Waals surface area contributed by atoms with Gasteiger partial charge in [0.05, 0.1) is 9.40 Å². The van der Waals surface area contributed by atoms with Crippen LogP contribution in [0.5, 0.6) is 0 Å². The summed E-state index contributed by atoms with van der Waals surface area (Å²) in [6.45, 7) is 0. The van der Waals surface area contributed by atoms with E-state index < -0.39 is 0 Å². The first-order chi connectivity index (χ1) is 10.1. The highest BCUT2D eigenvalue weighted by Gasteiger charge is 2.48. The van der Waals surface area contributed by atoms with E-state index in [1.807, 2.05) is 6.07 Å². The largest absolute Gasteiger partial charge is 0.382 e. The number of halogens is 1. The molecule has 4 nitrogen and oxygen atoms in total. The number of hydrogen-bond acceptors (Lipinski definition) is 3. The summed E-state index contributed by atoms with van der Waals surface area (Å²) in [5, 5.41) is 14.7. The van der Waals surface area contributed by atoms with Crippen molar-refractivity contribution in [3.05, 3.63) is 32.8 Å².